The fourth-order valence-electron chi connectivity index (χ4n) is 3.61. The Kier molecular flexibility index (Phi) is 2.90. The van der Waals surface area contributed by atoms with Crippen LogP contribution in [0.1, 0.15) is 27.1 Å². The zero-order valence-electron chi connectivity index (χ0n) is 12.1. The van der Waals surface area contributed by atoms with Crippen molar-refractivity contribution in [3.05, 3.63) is 35.4 Å². The van der Waals surface area contributed by atoms with Crippen molar-refractivity contribution < 1.29 is 22.8 Å². The molecular weight excluding hydrogens is 320 g/mol. The van der Waals surface area contributed by atoms with E-state index in [2.05, 4.69) is 0 Å². The van der Waals surface area contributed by atoms with E-state index in [1.807, 2.05) is 0 Å². The van der Waals surface area contributed by atoms with Gasteiger partial charge in [0.15, 0.2) is 9.84 Å². The van der Waals surface area contributed by atoms with Gasteiger partial charge in [-0.15, -0.1) is 0 Å². The summed E-state index contributed by atoms with van der Waals surface area (Å²) in [6.07, 6.45) is 0.455. The molecule has 3 aliphatic rings. The molecule has 3 amide bonds. The summed E-state index contributed by atoms with van der Waals surface area (Å²) in [7, 11) is -3.09. The summed E-state index contributed by atoms with van der Waals surface area (Å²) >= 11 is 0. The molecule has 7 nitrogen and oxygen atoms in total. The Bertz CT molecular complexity index is 812. The Labute approximate surface area is 132 Å². The molecule has 0 aliphatic carbocycles. The van der Waals surface area contributed by atoms with E-state index in [1.54, 1.807) is 24.3 Å². The van der Waals surface area contributed by atoms with Crippen LogP contribution in [0.25, 0.3) is 0 Å². The van der Waals surface area contributed by atoms with E-state index < -0.39 is 26.9 Å². The first-order chi connectivity index (χ1) is 10.9. The van der Waals surface area contributed by atoms with Gasteiger partial charge >= 0.3 is 0 Å². The summed E-state index contributed by atoms with van der Waals surface area (Å²) in [5, 5.41) is -0.501. The Hall–Kier alpha value is -2.22. The molecule has 3 aliphatic heterocycles. The van der Waals surface area contributed by atoms with E-state index in [-0.39, 0.29) is 30.8 Å². The number of nitrogens with zero attached hydrogens (tertiary/aromatic N) is 2. The van der Waals surface area contributed by atoms with Crippen molar-refractivity contribution in [1.82, 2.24) is 9.80 Å². The molecule has 120 valence electrons. The Morgan fingerprint density at radius 1 is 1.13 bits per heavy atom. The molecule has 1 aromatic rings. The highest BCUT2D eigenvalue weighted by Gasteiger charge is 2.50. The largest absolute Gasteiger partial charge is 0.336 e. The summed E-state index contributed by atoms with van der Waals surface area (Å²) in [5.74, 6) is -1.35. The molecule has 2 bridgehead atoms. The molecule has 8 heteroatoms. The topological polar surface area (TPSA) is 91.8 Å². The fourth-order valence-corrected chi connectivity index (χ4v) is 5.64. The lowest BCUT2D eigenvalue weighted by molar-refractivity contribution is -0.132. The smallest absolute Gasteiger partial charge is 0.262 e. The molecular formula is C15H14N2O5S. The molecule has 0 radical (unpaired) electrons. The molecule has 3 heterocycles. The predicted molar refractivity (Wildman–Crippen MR) is 79.5 cm³/mol. The number of sulfone groups is 1. The third kappa shape index (κ3) is 2.01. The maximum absolute atomic E-state index is 12.4. The lowest BCUT2D eigenvalue weighted by Gasteiger charge is -2.28. The highest BCUT2D eigenvalue weighted by atomic mass is 32.2. The molecule has 0 saturated carbocycles. The molecule has 0 N–H and O–H groups in total. The maximum Gasteiger partial charge on any atom is 0.262 e. The summed E-state index contributed by atoms with van der Waals surface area (Å²) < 4.78 is 23.5. The number of likely N-dealkylation sites (tertiary alicyclic amines) is 1. The van der Waals surface area contributed by atoms with Gasteiger partial charge in [0.2, 0.25) is 5.91 Å². The number of hydrogen-bond donors (Lipinski definition) is 0. The maximum atomic E-state index is 12.4. The van der Waals surface area contributed by atoms with E-state index in [4.69, 9.17) is 0 Å². The first kappa shape index (κ1) is 14.4. The van der Waals surface area contributed by atoms with Gasteiger partial charge < -0.3 is 4.90 Å². The predicted octanol–water partition coefficient (Wildman–Crippen LogP) is -0.319. The summed E-state index contributed by atoms with van der Waals surface area (Å²) in [5.41, 5.74) is 0.603. The standard InChI is InChI=1S/C15H14N2O5S/c18-13(16-6-10-5-9(16)8-23(10,21)22)7-17-14(19)11-3-1-2-4-12(11)15(17)20/h1-4,9-10H,5-8H2. The van der Waals surface area contributed by atoms with Gasteiger partial charge in [0.05, 0.1) is 22.1 Å². The van der Waals surface area contributed by atoms with Crippen LogP contribution in [0.4, 0.5) is 0 Å². The highest BCUT2D eigenvalue weighted by Crippen LogP contribution is 2.33. The highest BCUT2D eigenvalue weighted by molar-refractivity contribution is 7.92. The number of amides is 3. The normalized spacial score (nSPS) is 27.7. The van der Waals surface area contributed by atoms with Gasteiger partial charge in [-0.25, -0.2) is 8.42 Å². The fraction of sp³-hybridized carbons (Fsp3) is 0.400. The summed E-state index contributed by atoms with van der Waals surface area (Å²) in [6.45, 7) is -0.176. The molecule has 0 spiro atoms. The van der Waals surface area contributed by atoms with Crippen molar-refractivity contribution in [2.75, 3.05) is 18.8 Å². The van der Waals surface area contributed by atoms with Crippen LogP contribution in [0.5, 0.6) is 0 Å². The minimum Gasteiger partial charge on any atom is -0.336 e. The second kappa shape index (κ2) is 4.64. The van der Waals surface area contributed by atoms with Gasteiger partial charge in [0.1, 0.15) is 6.54 Å². The molecule has 23 heavy (non-hydrogen) atoms. The van der Waals surface area contributed by atoms with E-state index in [1.165, 1.54) is 4.90 Å². The van der Waals surface area contributed by atoms with Crippen molar-refractivity contribution in [3.63, 3.8) is 0 Å². The molecule has 2 fully saturated rings. The average Bonchev–Trinajstić information content (AvgIpc) is 3.13. The number of fused-ring (bicyclic) bond motifs is 3. The van der Waals surface area contributed by atoms with E-state index in [9.17, 15) is 22.8 Å². The summed E-state index contributed by atoms with van der Waals surface area (Å²) in [4.78, 5) is 39.4. The van der Waals surface area contributed by atoms with Crippen LogP contribution < -0.4 is 0 Å². The van der Waals surface area contributed by atoms with Gasteiger partial charge in [0, 0.05) is 12.6 Å². The second-order valence-electron chi connectivity index (χ2n) is 6.13. The van der Waals surface area contributed by atoms with Gasteiger partial charge in [-0.05, 0) is 18.6 Å². The zero-order chi connectivity index (χ0) is 16.4. The first-order valence-electron chi connectivity index (χ1n) is 7.35. The van der Waals surface area contributed by atoms with Crippen LogP contribution in [-0.4, -0.2) is 66.1 Å². The van der Waals surface area contributed by atoms with Gasteiger partial charge in [-0.3, -0.25) is 19.3 Å². The van der Waals surface area contributed by atoms with Crippen molar-refractivity contribution in [2.45, 2.75) is 17.7 Å². The third-order valence-corrected chi connectivity index (χ3v) is 7.01. The van der Waals surface area contributed by atoms with Crippen LogP contribution in [0.3, 0.4) is 0 Å². The number of rotatable bonds is 2. The number of hydrogen-bond acceptors (Lipinski definition) is 5. The van der Waals surface area contributed by atoms with Gasteiger partial charge in [-0.1, -0.05) is 12.1 Å². The van der Waals surface area contributed by atoms with E-state index in [0.29, 0.717) is 17.5 Å². The van der Waals surface area contributed by atoms with Crippen LogP contribution in [0, 0.1) is 0 Å². The first-order valence-corrected chi connectivity index (χ1v) is 9.06. The van der Waals surface area contributed by atoms with Crippen molar-refractivity contribution in [1.29, 1.82) is 0 Å². The number of carbonyl (C=O) groups is 3. The number of carbonyl (C=O) groups excluding carboxylic acids is 3. The van der Waals surface area contributed by atoms with Crippen LogP contribution in [-0.2, 0) is 14.6 Å². The van der Waals surface area contributed by atoms with Crippen LogP contribution in [0.2, 0.25) is 0 Å². The third-order valence-electron chi connectivity index (χ3n) is 4.80. The Morgan fingerprint density at radius 2 is 1.74 bits per heavy atom. The molecule has 1 aromatic carbocycles. The average molecular weight is 334 g/mol. The number of imide groups is 1. The molecule has 0 aromatic heterocycles. The lowest BCUT2D eigenvalue weighted by atomic mass is 10.1. The van der Waals surface area contributed by atoms with Crippen molar-refractivity contribution >= 4 is 27.6 Å². The van der Waals surface area contributed by atoms with Gasteiger partial charge in [0.25, 0.3) is 11.8 Å². The monoisotopic (exact) mass is 334 g/mol. The van der Waals surface area contributed by atoms with Crippen LogP contribution >= 0.6 is 0 Å². The molecule has 2 saturated heterocycles. The van der Waals surface area contributed by atoms with E-state index in [0.717, 1.165) is 4.90 Å². The second-order valence-corrected chi connectivity index (χ2v) is 8.45. The Balaban J connectivity index is 1.51. The van der Waals surface area contributed by atoms with Crippen molar-refractivity contribution in [3.8, 4) is 0 Å². The minimum absolute atomic E-state index is 0.0223. The van der Waals surface area contributed by atoms with E-state index >= 15 is 0 Å². The number of benzene rings is 1. The lowest BCUT2D eigenvalue weighted by Crippen LogP contribution is -2.49. The Morgan fingerprint density at radius 3 is 2.22 bits per heavy atom. The van der Waals surface area contributed by atoms with Crippen LogP contribution in [0.15, 0.2) is 24.3 Å². The summed E-state index contributed by atoms with van der Waals surface area (Å²) in [6, 6.07) is 6.13. The molecule has 2 atom stereocenters. The van der Waals surface area contributed by atoms with Gasteiger partial charge in [-0.2, -0.15) is 0 Å². The molecule has 2 unspecified atom stereocenters. The molecule has 4 rings (SSSR count). The SMILES string of the molecule is O=C1c2ccccc2C(=O)N1CC(=O)N1CC2CC1CS2(=O)=O. The van der Waals surface area contributed by atoms with Crippen molar-refractivity contribution in [2.24, 2.45) is 0 Å². The minimum atomic E-state index is -3.09. The zero-order valence-corrected chi connectivity index (χ0v) is 13.0. The quantitative estimate of drug-likeness (QED) is 0.691.